The van der Waals surface area contributed by atoms with Crippen LogP contribution in [0.3, 0.4) is 0 Å². The lowest BCUT2D eigenvalue weighted by atomic mass is 9.32. The van der Waals surface area contributed by atoms with Gasteiger partial charge in [0, 0.05) is 16.4 Å². The number of hydrogen-bond donors (Lipinski definition) is 2. The smallest absolute Gasteiger partial charge is 0.340 e. The number of carboxylic acid groups (broad SMARTS) is 2. The van der Waals surface area contributed by atoms with Crippen LogP contribution >= 0.6 is 0 Å². The van der Waals surface area contributed by atoms with Crippen molar-refractivity contribution in [2.45, 2.75) is 132 Å². The van der Waals surface area contributed by atoms with Crippen LogP contribution in [0.5, 0.6) is 11.5 Å². The molecule has 6 rings (SSSR count). The fraction of sp³-hybridized carbons (Fsp3) is 0.717. The van der Waals surface area contributed by atoms with Gasteiger partial charge in [-0.1, -0.05) is 58.6 Å². The summed E-state index contributed by atoms with van der Waals surface area (Å²) in [4.78, 5) is 37.4. The van der Waals surface area contributed by atoms with E-state index in [1.54, 1.807) is 26.0 Å². The molecule has 1 aromatic rings. The first-order chi connectivity index (χ1) is 25.1. The Morgan fingerprint density at radius 3 is 2.19 bits per heavy atom. The Kier molecular flexibility index (Phi) is 10.1. The number of benzene rings is 1. The summed E-state index contributed by atoms with van der Waals surface area (Å²) in [5.41, 5.74) is 0.417. The molecule has 0 spiro atoms. The molecule has 5 fully saturated rings. The van der Waals surface area contributed by atoms with Crippen LogP contribution < -0.4 is 9.47 Å². The van der Waals surface area contributed by atoms with Crippen LogP contribution in [0.1, 0.15) is 142 Å². The Hall–Kier alpha value is -3.47. The van der Waals surface area contributed by atoms with Crippen molar-refractivity contribution in [2.75, 3.05) is 14.2 Å². The normalized spacial score (nSPS) is 37.9. The Balaban J connectivity index is 1.31. The largest absolute Gasteiger partial charge is 0.493 e. The molecular formula is C46H64O8. The maximum absolute atomic E-state index is 13.1. The van der Waals surface area contributed by atoms with Gasteiger partial charge in [-0.15, -0.1) is 0 Å². The van der Waals surface area contributed by atoms with Crippen molar-refractivity contribution in [2.24, 2.45) is 62.1 Å². The molecule has 1 aromatic carbocycles. The molecule has 296 valence electrons. The summed E-state index contributed by atoms with van der Waals surface area (Å²) in [7, 11) is 2.97. The molecule has 0 aliphatic heterocycles. The Labute approximate surface area is 323 Å². The van der Waals surface area contributed by atoms with E-state index in [9.17, 15) is 24.6 Å². The van der Waals surface area contributed by atoms with Crippen LogP contribution in [-0.2, 0) is 14.3 Å². The number of aliphatic carboxylic acids is 1. The van der Waals surface area contributed by atoms with E-state index in [2.05, 4.69) is 60.0 Å². The fourth-order valence-corrected chi connectivity index (χ4v) is 13.6. The number of fused-ring (bicyclic) bond motifs is 7. The van der Waals surface area contributed by atoms with E-state index in [-0.39, 0.29) is 50.9 Å². The first kappa shape index (κ1) is 40.2. The highest BCUT2D eigenvalue weighted by Crippen LogP contribution is 2.77. The summed E-state index contributed by atoms with van der Waals surface area (Å²) in [5, 5.41) is 19.9. The Morgan fingerprint density at radius 1 is 0.870 bits per heavy atom. The fourth-order valence-electron chi connectivity index (χ4n) is 13.6. The molecule has 4 unspecified atom stereocenters. The number of ether oxygens (including phenoxy) is 3. The molecule has 0 amide bonds. The molecule has 8 nitrogen and oxygen atoms in total. The van der Waals surface area contributed by atoms with Crippen LogP contribution in [0, 0.1) is 73.9 Å². The predicted molar refractivity (Wildman–Crippen MR) is 208 cm³/mol. The number of esters is 1. The van der Waals surface area contributed by atoms with Crippen molar-refractivity contribution in [1.29, 1.82) is 0 Å². The van der Waals surface area contributed by atoms with Crippen molar-refractivity contribution in [3.05, 3.63) is 35.4 Å². The summed E-state index contributed by atoms with van der Waals surface area (Å²) in [6.07, 6.45) is 10.0. The molecule has 10 atom stereocenters. The molecule has 0 heterocycles. The minimum atomic E-state index is -1.17. The Morgan fingerprint density at radius 2 is 1.57 bits per heavy atom. The molecule has 0 radical (unpaired) electrons. The van der Waals surface area contributed by atoms with Gasteiger partial charge in [0.25, 0.3) is 0 Å². The second kappa shape index (κ2) is 13.6. The van der Waals surface area contributed by atoms with Gasteiger partial charge in [-0.25, -0.2) is 4.79 Å². The molecule has 5 saturated carbocycles. The maximum Gasteiger partial charge on any atom is 0.340 e. The molecule has 2 N–H and O–H groups in total. The lowest BCUT2D eigenvalue weighted by Gasteiger charge is -2.72. The van der Waals surface area contributed by atoms with Gasteiger partial charge in [-0.05, 0) is 143 Å². The van der Waals surface area contributed by atoms with Gasteiger partial charge in [-0.2, -0.15) is 0 Å². The molecular weight excluding hydrogens is 680 g/mol. The monoisotopic (exact) mass is 744 g/mol. The number of allylic oxidation sites excluding steroid dienone is 1. The standard InChI is InChI=1S/C46H64O8/c1-27(2)29-17-23-46(22-16-28-12-14-31(52-10)38(53-11)36(28)39(48)49)25-24-44(8)30(37(29)46)13-15-33-43(7)20-19-34(54-35(47)26-41(3,4)40(50)51)42(5,6)32(43)18-21-45(33,44)9/h12,14,29-30,32-34,37H,1,13,15,17-21,23-26H2,2-11H3,(H,48,49)(H,50,51)/t29-,30?,32?,33?,34-,37?,43-,44+,45+,46+/m0/s1. The van der Waals surface area contributed by atoms with Crippen LogP contribution in [0.4, 0.5) is 0 Å². The van der Waals surface area contributed by atoms with Gasteiger partial charge in [0.05, 0.1) is 26.1 Å². The number of carboxylic acids is 2. The summed E-state index contributed by atoms with van der Waals surface area (Å²) in [6, 6.07) is 3.49. The second-order valence-corrected chi connectivity index (χ2v) is 19.8. The van der Waals surface area contributed by atoms with E-state index in [0.29, 0.717) is 40.9 Å². The highest BCUT2D eigenvalue weighted by Gasteiger charge is 2.71. The van der Waals surface area contributed by atoms with Crippen molar-refractivity contribution in [3.63, 3.8) is 0 Å². The molecule has 54 heavy (non-hydrogen) atoms. The van der Waals surface area contributed by atoms with Crippen LogP contribution in [0.15, 0.2) is 24.3 Å². The SMILES string of the molecule is C=C(C)[C@@H]1CC[C@]2(C#Cc3ccc(OC)c(OC)c3C(=O)O)CC[C@]3(C)C(CCC4[C@@]5(C)CC[C@H](OC(=O)CC(C)(C)C(=O)O)C(C)(C)C5CC[C@]43C)C12. The maximum atomic E-state index is 13.1. The van der Waals surface area contributed by atoms with Crippen LogP contribution in [0.2, 0.25) is 0 Å². The lowest BCUT2D eigenvalue weighted by molar-refractivity contribution is -0.247. The number of aromatic carboxylic acids is 1. The lowest BCUT2D eigenvalue weighted by Crippen LogP contribution is -2.66. The van der Waals surface area contributed by atoms with Crippen molar-refractivity contribution < 1.29 is 38.8 Å². The molecule has 0 aromatic heterocycles. The quantitative estimate of drug-likeness (QED) is 0.153. The molecule has 8 heteroatoms. The number of rotatable bonds is 8. The van der Waals surface area contributed by atoms with Gasteiger partial charge in [0.1, 0.15) is 11.7 Å². The van der Waals surface area contributed by atoms with E-state index >= 15 is 0 Å². The van der Waals surface area contributed by atoms with Crippen molar-refractivity contribution in [3.8, 4) is 23.3 Å². The van der Waals surface area contributed by atoms with Gasteiger partial charge in [-0.3, -0.25) is 9.59 Å². The second-order valence-electron chi connectivity index (χ2n) is 19.8. The predicted octanol–water partition coefficient (Wildman–Crippen LogP) is 9.82. The topological polar surface area (TPSA) is 119 Å². The van der Waals surface area contributed by atoms with Gasteiger partial charge >= 0.3 is 17.9 Å². The summed E-state index contributed by atoms with van der Waals surface area (Å²) in [6.45, 7) is 22.2. The van der Waals surface area contributed by atoms with Gasteiger partial charge in [0.15, 0.2) is 11.5 Å². The van der Waals surface area contributed by atoms with E-state index in [1.807, 2.05) is 0 Å². The van der Waals surface area contributed by atoms with Crippen LogP contribution in [-0.4, -0.2) is 48.4 Å². The summed E-state index contributed by atoms with van der Waals surface area (Å²) < 4.78 is 17.1. The number of carbonyl (C=O) groups excluding carboxylic acids is 1. The van der Waals surface area contributed by atoms with E-state index in [4.69, 9.17) is 14.2 Å². The minimum Gasteiger partial charge on any atom is -0.493 e. The highest BCUT2D eigenvalue weighted by atomic mass is 16.5. The molecule has 0 saturated heterocycles. The third-order valence-corrected chi connectivity index (χ3v) is 16.7. The van der Waals surface area contributed by atoms with Crippen LogP contribution in [0.25, 0.3) is 0 Å². The first-order valence-electron chi connectivity index (χ1n) is 20.2. The molecule has 0 bridgehead atoms. The average molecular weight is 745 g/mol. The van der Waals surface area contributed by atoms with E-state index in [0.717, 1.165) is 64.2 Å². The van der Waals surface area contributed by atoms with Crippen molar-refractivity contribution in [1.82, 2.24) is 0 Å². The zero-order valence-electron chi connectivity index (χ0n) is 34.4. The summed E-state index contributed by atoms with van der Waals surface area (Å²) in [5.74, 6) is 7.39. The zero-order valence-corrected chi connectivity index (χ0v) is 34.4. The van der Waals surface area contributed by atoms with Gasteiger partial charge < -0.3 is 24.4 Å². The summed E-state index contributed by atoms with van der Waals surface area (Å²) >= 11 is 0. The van der Waals surface area contributed by atoms with Gasteiger partial charge in [0.2, 0.25) is 0 Å². The van der Waals surface area contributed by atoms with Crippen molar-refractivity contribution >= 4 is 17.9 Å². The third kappa shape index (κ3) is 5.97. The number of carbonyl (C=O) groups is 3. The number of methoxy groups -OCH3 is 2. The average Bonchev–Trinajstić information content (AvgIpc) is 3.48. The molecule has 5 aliphatic carbocycles. The highest BCUT2D eigenvalue weighted by molar-refractivity contribution is 5.95. The minimum absolute atomic E-state index is 0.0435. The zero-order chi connectivity index (χ0) is 39.8. The van der Waals surface area contributed by atoms with E-state index in [1.165, 1.54) is 19.8 Å². The first-order valence-corrected chi connectivity index (χ1v) is 20.2. The Bertz CT molecular complexity index is 1780. The third-order valence-electron chi connectivity index (χ3n) is 16.7. The molecule has 5 aliphatic rings. The van der Waals surface area contributed by atoms with E-state index < -0.39 is 23.3 Å². The number of hydrogen-bond acceptors (Lipinski definition) is 6.